The molecular weight excluding hydrogens is 318 g/mol. The summed E-state index contributed by atoms with van der Waals surface area (Å²) in [5.41, 5.74) is -1.54. The molecular formula is C11H10N3O7S+. The molecule has 1 aromatic rings. The highest BCUT2D eigenvalue weighted by Gasteiger charge is 2.30. The quantitative estimate of drug-likeness (QED) is 0.454. The number of benzene rings is 1. The molecule has 0 unspecified atom stereocenters. The molecule has 10 nitrogen and oxygen atoms in total. The summed E-state index contributed by atoms with van der Waals surface area (Å²) in [5.74, 6) is -1.17. The summed E-state index contributed by atoms with van der Waals surface area (Å²) in [5, 5.41) is 20.4. The standard InChI is InChI=1S/C11H10N3O7S/c1-2-20-11(15)8(7-12)13-21-22(18,19)10-6-4-3-5-9(10)14(16)17/h3-6H,2H2,1H3,(H,16,17)/q+1/b13-8-. The number of hydrogen-bond acceptors (Lipinski definition) is 8. The number of esters is 1. The molecule has 0 fully saturated rings. The van der Waals surface area contributed by atoms with Crippen LogP contribution in [-0.2, 0) is 23.9 Å². The molecule has 1 aromatic carbocycles. The van der Waals surface area contributed by atoms with Crippen molar-refractivity contribution in [2.45, 2.75) is 11.8 Å². The zero-order chi connectivity index (χ0) is 16.8. The second-order valence-electron chi connectivity index (χ2n) is 3.54. The fourth-order valence-electron chi connectivity index (χ4n) is 1.26. The molecule has 22 heavy (non-hydrogen) atoms. The van der Waals surface area contributed by atoms with Gasteiger partial charge in [0.15, 0.2) is 4.90 Å². The van der Waals surface area contributed by atoms with Crippen molar-refractivity contribution in [2.75, 3.05) is 6.61 Å². The highest BCUT2D eigenvalue weighted by molar-refractivity contribution is 7.86. The van der Waals surface area contributed by atoms with Gasteiger partial charge >= 0.3 is 21.8 Å². The van der Waals surface area contributed by atoms with Gasteiger partial charge in [-0.3, -0.25) is 4.28 Å². The van der Waals surface area contributed by atoms with Gasteiger partial charge in [-0.25, -0.2) is 10.0 Å². The fourth-order valence-corrected chi connectivity index (χ4v) is 2.16. The van der Waals surface area contributed by atoms with E-state index in [1.54, 1.807) is 0 Å². The van der Waals surface area contributed by atoms with Gasteiger partial charge in [0.05, 0.1) is 11.5 Å². The minimum Gasteiger partial charge on any atom is -0.461 e. The second-order valence-corrected chi connectivity index (χ2v) is 5.04. The van der Waals surface area contributed by atoms with Crippen molar-refractivity contribution in [2.24, 2.45) is 5.16 Å². The van der Waals surface area contributed by atoms with Crippen LogP contribution in [0.25, 0.3) is 0 Å². The largest absolute Gasteiger partial charge is 0.461 e. The van der Waals surface area contributed by atoms with Gasteiger partial charge in [-0.1, -0.05) is 12.1 Å². The number of oxime groups is 1. The van der Waals surface area contributed by atoms with E-state index < -0.39 is 37.3 Å². The Labute approximate surface area is 124 Å². The van der Waals surface area contributed by atoms with Crippen LogP contribution in [0.2, 0.25) is 0 Å². The highest BCUT2D eigenvalue weighted by atomic mass is 32.2. The average Bonchev–Trinajstić information content (AvgIpc) is 2.48. The van der Waals surface area contributed by atoms with Crippen molar-refractivity contribution >= 4 is 27.5 Å². The fraction of sp³-hybridized carbons (Fsp3) is 0.182. The Hall–Kier alpha value is -3.00. The summed E-state index contributed by atoms with van der Waals surface area (Å²) in [7, 11) is -4.64. The number of carbonyl (C=O) groups is 1. The molecule has 0 saturated heterocycles. The predicted molar refractivity (Wildman–Crippen MR) is 69.5 cm³/mol. The Bertz CT molecular complexity index is 764. The normalized spacial score (nSPS) is 11.4. The Kier molecular flexibility index (Phi) is 5.53. The van der Waals surface area contributed by atoms with Crippen molar-refractivity contribution in [1.29, 1.82) is 5.26 Å². The van der Waals surface area contributed by atoms with Gasteiger partial charge in [-0.2, -0.15) is 13.7 Å². The van der Waals surface area contributed by atoms with Gasteiger partial charge in [-0.05, 0) is 18.1 Å². The van der Waals surface area contributed by atoms with Crippen molar-refractivity contribution in [3.63, 3.8) is 0 Å². The number of nitrogens with zero attached hydrogens (tertiary/aromatic N) is 3. The van der Waals surface area contributed by atoms with Gasteiger partial charge in [-0.15, -0.1) is 0 Å². The van der Waals surface area contributed by atoms with Crippen LogP contribution in [0.15, 0.2) is 34.3 Å². The molecule has 116 valence electrons. The SMILES string of the molecule is CCOC(=O)/C(C#N)=N\OS(=O)(=O)c1ccccc1[N+](=O)O. The smallest absolute Gasteiger partial charge is 0.371 e. The Morgan fingerprint density at radius 3 is 2.64 bits per heavy atom. The van der Waals surface area contributed by atoms with Crippen LogP contribution < -0.4 is 0 Å². The first kappa shape index (κ1) is 17.1. The molecule has 0 bridgehead atoms. The summed E-state index contributed by atoms with van der Waals surface area (Å²) in [6.45, 7) is 1.43. The first-order valence-electron chi connectivity index (χ1n) is 5.67. The van der Waals surface area contributed by atoms with E-state index in [-0.39, 0.29) is 6.61 Å². The minimum absolute atomic E-state index is 0.0508. The molecule has 0 spiro atoms. The van der Waals surface area contributed by atoms with Crippen LogP contribution in [0.1, 0.15) is 6.92 Å². The number of rotatable bonds is 6. The third kappa shape index (κ3) is 4.00. The second kappa shape index (κ2) is 7.14. The van der Waals surface area contributed by atoms with E-state index in [1.807, 2.05) is 0 Å². The van der Waals surface area contributed by atoms with Crippen LogP contribution in [0.5, 0.6) is 0 Å². The Morgan fingerprint density at radius 2 is 2.09 bits per heavy atom. The number of carbonyl (C=O) groups excluding carboxylic acids is 1. The van der Waals surface area contributed by atoms with Crippen molar-refractivity contribution in [3.05, 3.63) is 29.2 Å². The summed E-state index contributed by atoms with van der Waals surface area (Å²) in [6.07, 6.45) is 0. The van der Waals surface area contributed by atoms with E-state index in [1.165, 1.54) is 25.1 Å². The van der Waals surface area contributed by atoms with E-state index in [9.17, 15) is 18.1 Å². The molecule has 0 saturated carbocycles. The van der Waals surface area contributed by atoms with Crippen molar-refractivity contribution in [1.82, 2.24) is 0 Å². The molecule has 0 radical (unpaired) electrons. The lowest BCUT2D eigenvalue weighted by molar-refractivity contribution is -0.731. The van der Waals surface area contributed by atoms with Crippen LogP contribution >= 0.6 is 0 Å². The van der Waals surface area contributed by atoms with Crippen LogP contribution in [-0.4, -0.2) is 36.8 Å². The third-order valence-electron chi connectivity index (χ3n) is 2.14. The van der Waals surface area contributed by atoms with Gasteiger partial charge in [0.2, 0.25) is 0 Å². The van der Waals surface area contributed by atoms with Crippen molar-refractivity contribution < 1.29 is 32.4 Å². The number of nitriles is 1. The maximum absolute atomic E-state index is 11.9. The molecule has 0 amide bonds. The molecule has 0 aliphatic heterocycles. The van der Waals surface area contributed by atoms with Crippen LogP contribution in [0.4, 0.5) is 5.69 Å². The van der Waals surface area contributed by atoms with Gasteiger partial charge in [0.25, 0.3) is 10.6 Å². The number of hydrogen-bond donors (Lipinski definition) is 1. The first-order valence-corrected chi connectivity index (χ1v) is 7.08. The number of ether oxygens (including phenoxy) is 1. The monoisotopic (exact) mass is 328 g/mol. The molecule has 0 aromatic heterocycles. The summed E-state index contributed by atoms with van der Waals surface area (Å²) in [6, 6.07) is 5.87. The predicted octanol–water partition coefficient (Wildman–Crippen LogP) is 0.634. The zero-order valence-corrected chi connectivity index (χ0v) is 12.0. The first-order chi connectivity index (χ1) is 10.3. The Balaban J connectivity index is 3.15. The van der Waals surface area contributed by atoms with Gasteiger partial charge < -0.3 is 4.74 Å². The highest BCUT2D eigenvalue weighted by Crippen LogP contribution is 2.24. The average molecular weight is 328 g/mol. The minimum atomic E-state index is -4.64. The van der Waals surface area contributed by atoms with E-state index in [0.29, 0.717) is 0 Å². The molecule has 11 heteroatoms. The molecule has 0 heterocycles. The Morgan fingerprint density at radius 1 is 1.45 bits per heavy atom. The van der Waals surface area contributed by atoms with Crippen LogP contribution in [0.3, 0.4) is 0 Å². The van der Waals surface area contributed by atoms with E-state index in [4.69, 9.17) is 10.5 Å². The molecule has 1 rings (SSSR count). The summed E-state index contributed by atoms with van der Waals surface area (Å²) >= 11 is 0. The maximum Gasteiger partial charge on any atom is 0.371 e. The number of para-hydroxylation sites is 1. The third-order valence-corrected chi connectivity index (χ3v) is 3.30. The molecule has 0 atom stereocenters. The lowest BCUT2D eigenvalue weighted by Gasteiger charge is -2.01. The molecule has 1 N–H and O–H groups in total. The van der Waals surface area contributed by atoms with Crippen molar-refractivity contribution in [3.8, 4) is 6.07 Å². The molecule has 0 aliphatic carbocycles. The van der Waals surface area contributed by atoms with Gasteiger partial charge in [0.1, 0.15) is 6.07 Å². The van der Waals surface area contributed by atoms with Gasteiger partial charge in [0, 0.05) is 6.07 Å². The summed E-state index contributed by atoms with van der Waals surface area (Å²) in [4.78, 5) is 20.8. The summed E-state index contributed by atoms with van der Waals surface area (Å²) < 4.78 is 32.4. The van der Waals surface area contributed by atoms with E-state index in [0.717, 1.165) is 12.1 Å². The zero-order valence-electron chi connectivity index (χ0n) is 11.2. The van der Waals surface area contributed by atoms with E-state index in [2.05, 4.69) is 14.2 Å². The maximum atomic E-state index is 11.9. The molecule has 0 aliphatic rings. The lowest BCUT2D eigenvalue weighted by Crippen LogP contribution is -2.17. The van der Waals surface area contributed by atoms with E-state index >= 15 is 0 Å². The van der Waals surface area contributed by atoms with Crippen LogP contribution in [0, 0.1) is 16.2 Å². The topological polar surface area (TPSA) is 146 Å². The lowest BCUT2D eigenvalue weighted by atomic mass is 10.3.